The topological polar surface area (TPSA) is 80.6 Å². The van der Waals surface area contributed by atoms with E-state index in [0.29, 0.717) is 24.1 Å². The minimum absolute atomic E-state index is 0.0181. The lowest BCUT2D eigenvalue weighted by molar-refractivity contribution is 0.0854. The average molecular weight is 302 g/mol. The lowest BCUT2D eigenvalue weighted by atomic mass is 10.1. The molecule has 0 unspecified atom stereocenters. The number of benzene rings is 1. The van der Waals surface area contributed by atoms with Gasteiger partial charge in [0.1, 0.15) is 11.3 Å². The van der Waals surface area contributed by atoms with Gasteiger partial charge in [0.25, 0.3) is 11.5 Å². The van der Waals surface area contributed by atoms with E-state index in [2.05, 4.69) is 5.32 Å². The lowest BCUT2D eigenvalue weighted by Crippen LogP contribution is -2.36. The Labute approximate surface area is 127 Å². The standard InChI is InChI=1S/C16H18N2O4/c1-18-12-7-3-2-6-11(12)14(19)13(16(18)21)15(20)17-9-10-5-4-8-22-10/h2-3,6-7,10,19H,4-5,8-9H2,1H3,(H,17,20)/t10-/m0/s1. The van der Waals surface area contributed by atoms with E-state index in [-0.39, 0.29) is 17.4 Å². The monoisotopic (exact) mass is 302 g/mol. The molecule has 22 heavy (non-hydrogen) atoms. The molecule has 1 atom stereocenters. The molecule has 1 amide bonds. The minimum Gasteiger partial charge on any atom is -0.506 e. The van der Waals surface area contributed by atoms with Crippen LogP contribution in [0, 0.1) is 0 Å². The van der Waals surface area contributed by atoms with Gasteiger partial charge in [-0.3, -0.25) is 9.59 Å². The quantitative estimate of drug-likeness (QED) is 0.891. The van der Waals surface area contributed by atoms with Gasteiger partial charge in [-0.2, -0.15) is 0 Å². The molecule has 3 rings (SSSR count). The molecule has 1 fully saturated rings. The van der Waals surface area contributed by atoms with Crippen LogP contribution in [0.2, 0.25) is 0 Å². The largest absolute Gasteiger partial charge is 0.506 e. The second-order valence-electron chi connectivity index (χ2n) is 5.45. The van der Waals surface area contributed by atoms with E-state index in [1.807, 2.05) is 0 Å². The number of rotatable bonds is 3. The van der Waals surface area contributed by atoms with Crippen LogP contribution in [0.25, 0.3) is 10.9 Å². The maximum Gasteiger partial charge on any atom is 0.267 e. The summed E-state index contributed by atoms with van der Waals surface area (Å²) in [4.78, 5) is 24.7. The molecule has 1 aromatic heterocycles. The number of carbonyl (C=O) groups excluding carboxylic acids is 1. The number of carbonyl (C=O) groups is 1. The van der Waals surface area contributed by atoms with E-state index in [1.54, 1.807) is 31.3 Å². The summed E-state index contributed by atoms with van der Waals surface area (Å²) >= 11 is 0. The molecule has 2 N–H and O–H groups in total. The van der Waals surface area contributed by atoms with Crippen molar-refractivity contribution in [3.05, 3.63) is 40.2 Å². The van der Waals surface area contributed by atoms with Crippen LogP contribution in [-0.2, 0) is 11.8 Å². The number of para-hydroxylation sites is 1. The summed E-state index contributed by atoms with van der Waals surface area (Å²) in [7, 11) is 1.58. The highest BCUT2D eigenvalue weighted by molar-refractivity contribution is 6.02. The zero-order chi connectivity index (χ0) is 15.7. The molecule has 1 saturated heterocycles. The van der Waals surface area contributed by atoms with Gasteiger partial charge in [-0.15, -0.1) is 0 Å². The summed E-state index contributed by atoms with van der Waals surface area (Å²) in [5.74, 6) is -0.845. The number of nitrogens with zero attached hydrogens (tertiary/aromatic N) is 1. The first-order valence-corrected chi connectivity index (χ1v) is 7.30. The number of aromatic hydroxyl groups is 1. The number of pyridine rings is 1. The molecule has 0 aliphatic carbocycles. The molecular weight excluding hydrogens is 284 g/mol. The van der Waals surface area contributed by atoms with Crippen molar-refractivity contribution in [2.75, 3.05) is 13.2 Å². The molecule has 1 aliphatic rings. The van der Waals surface area contributed by atoms with Crippen LogP contribution in [0.15, 0.2) is 29.1 Å². The third-order valence-corrected chi connectivity index (χ3v) is 4.02. The molecule has 0 spiro atoms. The maximum atomic E-state index is 12.4. The summed E-state index contributed by atoms with van der Waals surface area (Å²) < 4.78 is 6.80. The zero-order valence-corrected chi connectivity index (χ0v) is 12.3. The highest BCUT2D eigenvalue weighted by atomic mass is 16.5. The first-order chi connectivity index (χ1) is 10.6. The summed E-state index contributed by atoms with van der Waals surface area (Å²) in [6.07, 6.45) is 1.85. The van der Waals surface area contributed by atoms with Crippen molar-refractivity contribution in [3.63, 3.8) is 0 Å². The third-order valence-electron chi connectivity index (χ3n) is 4.02. The van der Waals surface area contributed by atoms with E-state index >= 15 is 0 Å². The molecule has 6 nitrogen and oxygen atoms in total. The van der Waals surface area contributed by atoms with Crippen LogP contribution in [-0.4, -0.2) is 34.8 Å². The number of hydrogen-bond donors (Lipinski definition) is 2. The summed E-state index contributed by atoms with van der Waals surface area (Å²) in [6.45, 7) is 1.04. The highest BCUT2D eigenvalue weighted by Crippen LogP contribution is 2.25. The molecule has 1 aliphatic heterocycles. The third kappa shape index (κ3) is 2.46. The lowest BCUT2D eigenvalue weighted by Gasteiger charge is -2.13. The highest BCUT2D eigenvalue weighted by Gasteiger charge is 2.22. The molecule has 2 aromatic rings. The van der Waals surface area contributed by atoms with Crippen molar-refractivity contribution in [2.24, 2.45) is 7.05 Å². The van der Waals surface area contributed by atoms with Gasteiger partial charge in [-0.05, 0) is 25.0 Å². The molecule has 0 radical (unpaired) electrons. The molecular formula is C16H18N2O4. The fraction of sp³-hybridized carbons (Fsp3) is 0.375. The molecule has 0 saturated carbocycles. The van der Waals surface area contributed by atoms with Crippen LogP contribution < -0.4 is 10.9 Å². The van der Waals surface area contributed by atoms with Crippen LogP contribution in [0.1, 0.15) is 23.2 Å². The Hall–Kier alpha value is -2.34. The Morgan fingerprint density at radius 1 is 1.45 bits per heavy atom. The summed E-state index contributed by atoms with van der Waals surface area (Å²) in [6, 6.07) is 6.93. The Balaban J connectivity index is 1.95. The van der Waals surface area contributed by atoms with E-state index in [0.717, 1.165) is 12.8 Å². The Morgan fingerprint density at radius 2 is 2.23 bits per heavy atom. The first kappa shape index (κ1) is 14.6. The minimum atomic E-state index is -0.570. The second-order valence-corrected chi connectivity index (χ2v) is 5.45. The number of aromatic nitrogens is 1. The molecule has 2 heterocycles. The fourth-order valence-corrected chi connectivity index (χ4v) is 2.78. The smallest absolute Gasteiger partial charge is 0.267 e. The molecule has 6 heteroatoms. The Kier molecular flexibility index (Phi) is 3.85. The SMILES string of the molecule is Cn1c(=O)c(C(=O)NC[C@@H]2CCCO2)c(O)c2ccccc21. The van der Waals surface area contributed by atoms with Crippen molar-refractivity contribution in [2.45, 2.75) is 18.9 Å². The van der Waals surface area contributed by atoms with Crippen molar-refractivity contribution >= 4 is 16.8 Å². The van der Waals surface area contributed by atoms with Gasteiger partial charge >= 0.3 is 0 Å². The van der Waals surface area contributed by atoms with Gasteiger partial charge in [-0.25, -0.2) is 0 Å². The van der Waals surface area contributed by atoms with Gasteiger partial charge in [0.2, 0.25) is 0 Å². The molecule has 116 valence electrons. The van der Waals surface area contributed by atoms with Gasteiger partial charge in [-0.1, -0.05) is 12.1 Å². The number of hydrogen-bond acceptors (Lipinski definition) is 4. The second kappa shape index (κ2) is 5.81. The van der Waals surface area contributed by atoms with Gasteiger partial charge in [0.15, 0.2) is 0 Å². The van der Waals surface area contributed by atoms with E-state index in [1.165, 1.54) is 4.57 Å². The molecule has 0 bridgehead atoms. The predicted molar refractivity (Wildman–Crippen MR) is 82.2 cm³/mol. The van der Waals surface area contributed by atoms with Crippen molar-refractivity contribution in [1.29, 1.82) is 0 Å². The van der Waals surface area contributed by atoms with Gasteiger partial charge in [0.05, 0.1) is 11.6 Å². The fourth-order valence-electron chi connectivity index (χ4n) is 2.78. The Bertz CT molecular complexity index is 776. The van der Waals surface area contributed by atoms with Crippen LogP contribution >= 0.6 is 0 Å². The first-order valence-electron chi connectivity index (χ1n) is 7.30. The summed E-state index contributed by atoms with van der Waals surface area (Å²) in [5, 5.41) is 13.5. The molecule has 1 aromatic carbocycles. The van der Waals surface area contributed by atoms with Crippen molar-refractivity contribution in [1.82, 2.24) is 9.88 Å². The Morgan fingerprint density at radius 3 is 2.95 bits per heavy atom. The van der Waals surface area contributed by atoms with Crippen molar-refractivity contribution in [3.8, 4) is 5.75 Å². The van der Waals surface area contributed by atoms with Crippen molar-refractivity contribution < 1.29 is 14.6 Å². The normalized spacial score (nSPS) is 17.8. The van der Waals surface area contributed by atoms with Crippen LogP contribution in [0.4, 0.5) is 0 Å². The number of amides is 1. The van der Waals surface area contributed by atoms with Gasteiger partial charge in [0, 0.05) is 25.6 Å². The van der Waals surface area contributed by atoms with E-state index in [9.17, 15) is 14.7 Å². The number of aryl methyl sites for hydroxylation is 1. The van der Waals surface area contributed by atoms with Gasteiger partial charge < -0.3 is 19.7 Å². The van der Waals surface area contributed by atoms with Crippen LogP contribution in [0.3, 0.4) is 0 Å². The number of ether oxygens (including phenoxy) is 1. The maximum absolute atomic E-state index is 12.4. The predicted octanol–water partition coefficient (Wildman–Crippen LogP) is 1.15. The zero-order valence-electron chi connectivity index (χ0n) is 12.3. The van der Waals surface area contributed by atoms with E-state index < -0.39 is 11.5 Å². The number of fused-ring (bicyclic) bond motifs is 1. The number of nitrogens with one attached hydrogen (secondary N) is 1. The van der Waals surface area contributed by atoms with Crippen LogP contribution in [0.5, 0.6) is 5.75 Å². The summed E-state index contributed by atoms with van der Waals surface area (Å²) in [5.41, 5.74) is -0.152. The average Bonchev–Trinajstić information content (AvgIpc) is 3.04. The van der Waals surface area contributed by atoms with E-state index in [4.69, 9.17) is 4.74 Å².